The molecule has 0 aliphatic carbocycles. The second kappa shape index (κ2) is 6.39. The number of aryl methyl sites for hydroxylation is 1. The third kappa shape index (κ3) is 3.39. The van der Waals surface area contributed by atoms with Crippen molar-refractivity contribution in [1.29, 1.82) is 0 Å². The van der Waals surface area contributed by atoms with Crippen molar-refractivity contribution in [2.24, 2.45) is 7.05 Å². The highest BCUT2D eigenvalue weighted by Gasteiger charge is 2.16. The van der Waals surface area contributed by atoms with E-state index in [0.29, 0.717) is 11.6 Å². The van der Waals surface area contributed by atoms with E-state index in [1.165, 1.54) is 0 Å². The van der Waals surface area contributed by atoms with Gasteiger partial charge in [0.15, 0.2) is 0 Å². The molecule has 0 bridgehead atoms. The van der Waals surface area contributed by atoms with Crippen LogP contribution in [0.25, 0.3) is 0 Å². The Bertz CT molecular complexity index is 565. The van der Waals surface area contributed by atoms with Crippen LogP contribution in [0.1, 0.15) is 29.8 Å². The van der Waals surface area contributed by atoms with Gasteiger partial charge in [-0.2, -0.15) is 5.10 Å². The van der Waals surface area contributed by atoms with Crippen molar-refractivity contribution in [2.75, 3.05) is 0 Å². The highest BCUT2D eigenvalue weighted by molar-refractivity contribution is 6.30. The molecule has 0 aliphatic heterocycles. The van der Waals surface area contributed by atoms with Gasteiger partial charge in [0.25, 0.3) is 0 Å². The second-order valence-electron chi connectivity index (χ2n) is 5.04. The van der Waals surface area contributed by atoms with Gasteiger partial charge in [-0.1, -0.05) is 23.7 Å². The summed E-state index contributed by atoms with van der Waals surface area (Å²) >= 11 is 5.85. The monoisotopic (exact) mass is 293 g/mol. The van der Waals surface area contributed by atoms with Crippen molar-refractivity contribution >= 4 is 11.6 Å². The molecule has 108 valence electrons. The van der Waals surface area contributed by atoms with Gasteiger partial charge >= 0.3 is 0 Å². The summed E-state index contributed by atoms with van der Waals surface area (Å²) in [5.41, 5.74) is 3.13. The minimum absolute atomic E-state index is 0.0595. The molecular formula is C15H20ClN3O. The number of hydrogen-bond acceptors (Lipinski definition) is 3. The smallest absolute Gasteiger partial charge is 0.0940 e. The zero-order chi connectivity index (χ0) is 14.7. The molecule has 1 aromatic heterocycles. The Hall–Kier alpha value is -1.36. The maximum absolute atomic E-state index is 10.3. The van der Waals surface area contributed by atoms with Crippen LogP contribution in [0, 0.1) is 6.92 Å². The van der Waals surface area contributed by atoms with Crippen LogP contribution in [0.4, 0.5) is 0 Å². The minimum Gasteiger partial charge on any atom is -0.387 e. The lowest BCUT2D eigenvalue weighted by Crippen LogP contribution is -2.31. The molecule has 20 heavy (non-hydrogen) atoms. The minimum atomic E-state index is -0.566. The summed E-state index contributed by atoms with van der Waals surface area (Å²) < 4.78 is 1.84. The molecule has 2 N–H and O–H groups in total. The Morgan fingerprint density at radius 1 is 1.35 bits per heavy atom. The van der Waals surface area contributed by atoms with E-state index < -0.39 is 6.10 Å². The lowest BCUT2D eigenvalue weighted by atomic mass is 10.0. The van der Waals surface area contributed by atoms with Crippen LogP contribution in [-0.2, 0) is 13.6 Å². The molecule has 2 unspecified atom stereocenters. The van der Waals surface area contributed by atoms with Crippen LogP contribution in [0.5, 0.6) is 0 Å². The summed E-state index contributed by atoms with van der Waals surface area (Å²) in [6.07, 6.45) is 1.29. The summed E-state index contributed by atoms with van der Waals surface area (Å²) in [6, 6.07) is 7.22. The molecule has 0 spiro atoms. The molecule has 2 atom stereocenters. The van der Waals surface area contributed by atoms with E-state index in [0.717, 1.165) is 16.8 Å². The maximum Gasteiger partial charge on any atom is 0.0940 e. The number of aromatic nitrogens is 2. The molecule has 0 amide bonds. The number of benzene rings is 1. The van der Waals surface area contributed by atoms with E-state index in [9.17, 15) is 5.11 Å². The van der Waals surface area contributed by atoms with Gasteiger partial charge in [-0.05, 0) is 31.5 Å². The number of aliphatic hydroxyl groups is 1. The molecule has 0 radical (unpaired) electrons. The summed E-state index contributed by atoms with van der Waals surface area (Å²) in [4.78, 5) is 0. The second-order valence-corrected chi connectivity index (χ2v) is 5.48. The third-order valence-electron chi connectivity index (χ3n) is 3.64. The topological polar surface area (TPSA) is 50.1 Å². The van der Waals surface area contributed by atoms with Crippen LogP contribution in [0.3, 0.4) is 0 Å². The first-order chi connectivity index (χ1) is 9.49. The summed E-state index contributed by atoms with van der Waals surface area (Å²) in [6.45, 7) is 4.68. The highest BCUT2D eigenvalue weighted by Crippen LogP contribution is 2.19. The molecule has 2 aromatic rings. The molecule has 0 fully saturated rings. The lowest BCUT2D eigenvalue weighted by molar-refractivity contribution is 0.135. The fraction of sp³-hybridized carbons (Fsp3) is 0.400. The Labute approximate surface area is 124 Å². The number of halogens is 1. The first-order valence-electron chi connectivity index (χ1n) is 6.63. The van der Waals surface area contributed by atoms with Gasteiger partial charge in [0.1, 0.15) is 0 Å². The average Bonchev–Trinajstić information content (AvgIpc) is 2.76. The van der Waals surface area contributed by atoms with Crippen LogP contribution in [0.15, 0.2) is 30.5 Å². The van der Waals surface area contributed by atoms with Gasteiger partial charge in [-0.3, -0.25) is 4.68 Å². The predicted molar refractivity (Wildman–Crippen MR) is 80.7 cm³/mol. The molecule has 0 aliphatic rings. The van der Waals surface area contributed by atoms with Crippen molar-refractivity contribution in [3.05, 3.63) is 52.3 Å². The summed E-state index contributed by atoms with van der Waals surface area (Å²) in [7, 11) is 1.92. The van der Waals surface area contributed by atoms with Crippen LogP contribution in [0.2, 0.25) is 5.02 Å². The Morgan fingerprint density at radius 2 is 2.00 bits per heavy atom. The predicted octanol–water partition coefficient (Wildman–Crippen LogP) is 2.59. The number of rotatable bonds is 5. The number of nitrogens with one attached hydrogen (secondary N) is 1. The fourth-order valence-electron chi connectivity index (χ4n) is 2.05. The van der Waals surface area contributed by atoms with Crippen molar-refractivity contribution in [3.63, 3.8) is 0 Å². The fourth-order valence-corrected chi connectivity index (χ4v) is 2.17. The average molecular weight is 294 g/mol. The Morgan fingerprint density at radius 3 is 2.55 bits per heavy atom. The SMILES string of the molecule is Cc1c(CNC(C)C(O)c2ccc(Cl)cc2)cnn1C. The van der Waals surface area contributed by atoms with Gasteiger partial charge in [0, 0.05) is 35.9 Å². The molecule has 0 saturated heterocycles. The zero-order valence-electron chi connectivity index (χ0n) is 12.0. The Kier molecular flexibility index (Phi) is 4.81. The van der Waals surface area contributed by atoms with Crippen molar-refractivity contribution < 1.29 is 5.11 Å². The van der Waals surface area contributed by atoms with E-state index in [2.05, 4.69) is 10.4 Å². The van der Waals surface area contributed by atoms with Crippen molar-refractivity contribution in [1.82, 2.24) is 15.1 Å². The molecule has 0 saturated carbocycles. The molecule has 2 rings (SSSR count). The van der Waals surface area contributed by atoms with E-state index in [1.807, 2.05) is 43.9 Å². The molecule has 1 heterocycles. The van der Waals surface area contributed by atoms with E-state index in [-0.39, 0.29) is 6.04 Å². The number of aliphatic hydroxyl groups excluding tert-OH is 1. The van der Waals surface area contributed by atoms with Crippen molar-refractivity contribution in [2.45, 2.75) is 32.5 Å². The summed E-state index contributed by atoms with van der Waals surface area (Å²) in [5.74, 6) is 0. The first-order valence-corrected chi connectivity index (χ1v) is 7.01. The standard InChI is InChI=1S/C15H20ClN3O/c1-10(15(20)12-4-6-14(16)7-5-12)17-8-13-9-18-19(3)11(13)2/h4-7,9-10,15,17,20H,8H2,1-3H3. The molecule has 5 heteroatoms. The summed E-state index contributed by atoms with van der Waals surface area (Å²) in [5, 5.41) is 18.5. The van der Waals surface area contributed by atoms with Gasteiger partial charge in [-0.25, -0.2) is 0 Å². The highest BCUT2D eigenvalue weighted by atomic mass is 35.5. The molecule has 4 nitrogen and oxygen atoms in total. The van der Waals surface area contributed by atoms with Crippen molar-refractivity contribution in [3.8, 4) is 0 Å². The van der Waals surface area contributed by atoms with Gasteiger partial charge in [0.05, 0.1) is 12.3 Å². The molecule has 1 aromatic carbocycles. The van der Waals surface area contributed by atoms with E-state index in [1.54, 1.807) is 12.1 Å². The van der Waals surface area contributed by atoms with Crippen LogP contribution >= 0.6 is 11.6 Å². The quantitative estimate of drug-likeness (QED) is 0.891. The first kappa shape index (κ1) is 15.0. The number of hydrogen-bond donors (Lipinski definition) is 2. The zero-order valence-corrected chi connectivity index (χ0v) is 12.7. The third-order valence-corrected chi connectivity index (χ3v) is 3.89. The maximum atomic E-state index is 10.3. The van der Waals surface area contributed by atoms with Gasteiger partial charge in [0.2, 0.25) is 0 Å². The van der Waals surface area contributed by atoms with Crippen LogP contribution < -0.4 is 5.32 Å². The van der Waals surface area contributed by atoms with Crippen LogP contribution in [-0.4, -0.2) is 20.9 Å². The molecular weight excluding hydrogens is 274 g/mol. The Balaban J connectivity index is 1.96. The van der Waals surface area contributed by atoms with Gasteiger partial charge < -0.3 is 10.4 Å². The number of nitrogens with zero attached hydrogens (tertiary/aromatic N) is 2. The largest absolute Gasteiger partial charge is 0.387 e. The van der Waals surface area contributed by atoms with E-state index >= 15 is 0 Å². The van der Waals surface area contributed by atoms with E-state index in [4.69, 9.17) is 11.6 Å². The lowest BCUT2D eigenvalue weighted by Gasteiger charge is -2.20. The van der Waals surface area contributed by atoms with Gasteiger partial charge in [-0.15, -0.1) is 0 Å². The normalized spacial score (nSPS) is 14.2.